The maximum atomic E-state index is 11.3. The Morgan fingerprint density at radius 2 is 1.95 bits per heavy atom. The Balaban J connectivity index is 2.41. The number of carboxylic acid groups (broad SMARTS) is 1. The Hall–Kier alpha value is -1.13. The van der Waals surface area contributed by atoms with Crippen molar-refractivity contribution in [3.05, 3.63) is 45.2 Å². The van der Waals surface area contributed by atoms with Crippen LogP contribution >= 0.6 is 27.3 Å². The molecule has 100 valence electrons. The number of aliphatic carboxylic acids is 1. The molecule has 0 saturated heterocycles. The van der Waals surface area contributed by atoms with Gasteiger partial charge >= 0.3 is 5.97 Å². The van der Waals surface area contributed by atoms with E-state index in [1.165, 1.54) is 16.9 Å². The summed E-state index contributed by atoms with van der Waals surface area (Å²) in [5.41, 5.74) is 1.45. The van der Waals surface area contributed by atoms with E-state index in [2.05, 4.69) is 34.1 Å². The number of benzene rings is 1. The van der Waals surface area contributed by atoms with E-state index in [0.717, 1.165) is 19.8 Å². The summed E-state index contributed by atoms with van der Waals surface area (Å²) >= 11 is 5.06. The van der Waals surface area contributed by atoms with Crippen LogP contribution < -0.4 is 0 Å². The quantitative estimate of drug-likeness (QED) is 0.868. The van der Waals surface area contributed by atoms with E-state index in [0.29, 0.717) is 0 Å². The first-order chi connectivity index (χ1) is 8.82. The van der Waals surface area contributed by atoms with E-state index >= 15 is 0 Å². The van der Waals surface area contributed by atoms with Crippen LogP contribution in [-0.2, 0) is 10.2 Å². The molecule has 1 aromatic carbocycles. The fraction of sp³-hybridized carbons (Fsp3) is 0.267. The second-order valence-electron chi connectivity index (χ2n) is 5.06. The van der Waals surface area contributed by atoms with E-state index in [4.69, 9.17) is 0 Å². The van der Waals surface area contributed by atoms with Gasteiger partial charge in [-0.25, -0.2) is 0 Å². The minimum absolute atomic E-state index is 0.800. The molecule has 1 N–H and O–H groups in total. The van der Waals surface area contributed by atoms with Crippen molar-refractivity contribution in [2.45, 2.75) is 26.2 Å². The molecule has 0 radical (unpaired) electrons. The molecule has 2 rings (SSSR count). The van der Waals surface area contributed by atoms with Crippen molar-refractivity contribution in [3.63, 3.8) is 0 Å². The van der Waals surface area contributed by atoms with Crippen molar-refractivity contribution in [2.24, 2.45) is 0 Å². The molecule has 1 aromatic heterocycles. The molecular formula is C15H15BrO2S. The lowest BCUT2D eigenvalue weighted by Gasteiger charge is -2.16. The summed E-state index contributed by atoms with van der Waals surface area (Å²) in [6.07, 6.45) is 0. The van der Waals surface area contributed by atoms with Gasteiger partial charge in [0.15, 0.2) is 0 Å². The predicted molar refractivity (Wildman–Crippen MR) is 82.9 cm³/mol. The van der Waals surface area contributed by atoms with Crippen molar-refractivity contribution in [1.29, 1.82) is 0 Å². The highest BCUT2D eigenvalue weighted by molar-refractivity contribution is 9.10. The standard InChI is InChI=1S/C15H15BrO2S/c1-9-4-5-10(8-11(9)16)12-6-7-13(19-12)15(2,3)14(17)18/h4-8H,1-3H3,(H,17,18). The third kappa shape index (κ3) is 2.74. The van der Waals surface area contributed by atoms with E-state index in [-0.39, 0.29) is 0 Å². The Labute approximate surface area is 125 Å². The summed E-state index contributed by atoms with van der Waals surface area (Å²) in [6.45, 7) is 5.51. The molecule has 2 nitrogen and oxygen atoms in total. The molecule has 0 aliphatic heterocycles. The Morgan fingerprint density at radius 1 is 1.26 bits per heavy atom. The highest BCUT2D eigenvalue weighted by Gasteiger charge is 2.31. The molecule has 0 amide bonds. The van der Waals surface area contributed by atoms with E-state index in [9.17, 15) is 9.90 Å². The maximum Gasteiger partial charge on any atom is 0.314 e. The van der Waals surface area contributed by atoms with Gasteiger partial charge in [0.25, 0.3) is 0 Å². The fourth-order valence-electron chi connectivity index (χ4n) is 1.68. The van der Waals surface area contributed by atoms with Gasteiger partial charge in [-0.05, 0) is 50.1 Å². The summed E-state index contributed by atoms with van der Waals surface area (Å²) < 4.78 is 1.07. The SMILES string of the molecule is Cc1ccc(-c2ccc(C(C)(C)C(=O)O)s2)cc1Br. The number of rotatable bonds is 3. The van der Waals surface area contributed by atoms with Gasteiger partial charge in [0.2, 0.25) is 0 Å². The molecular weight excluding hydrogens is 324 g/mol. The van der Waals surface area contributed by atoms with E-state index in [1.807, 2.05) is 19.1 Å². The molecule has 19 heavy (non-hydrogen) atoms. The third-order valence-corrected chi connectivity index (χ3v) is 5.53. The lowest BCUT2D eigenvalue weighted by atomic mass is 9.92. The van der Waals surface area contributed by atoms with Crippen molar-refractivity contribution in [2.75, 3.05) is 0 Å². The molecule has 0 fully saturated rings. The Bertz CT molecular complexity index is 629. The van der Waals surface area contributed by atoms with Crippen LogP contribution in [0.5, 0.6) is 0 Å². The van der Waals surface area contributed by atoms with Gasteiger partial charge < -0.3 is 5.11 Å². The van der Waals surface area contributed by atoms with Crippen molar-refractivity contribution in [3.8, 4) is 10.4 Å². The van der Waals surface area contributed by atoms with Crippen molar-refractivity contribution < 1.29 is 9.90 Å². The zero-order valence-electron chi connectivity index (χ0n) is 11.0. The van der Waals surface area contributed by atoms with Gasteiger partial charge in [0.1, 0.15) is 0 Å². The number of hydrogen-bond donors (Lipinski definition) is 1. The molecule has 2 aromatic rings. The lowest BCUT2D eigenvalue weighted by Crippen LogP contribution is -2.27. The average Bonchev–Trinajstić information content (AvgIpc) is 2.82. The molecule has 1 heterocycles. The van der Waals surface area contributed by atoms with Crippen LogP contribution in [0.25, 0.3) is 10.4 Å². The second kappa shape index (κ2) is 5.10. The Morgan fingerprint density at radius 3 is 2.53 bits per heavy atom. The normalized spacial score (nSPS) is 11.6. The van der Waals surface area contributed by atoms with Crippen LogP contribution in [0.15, 0.2) is 34.8 Å². The zero-order chi connectivity index (χ0) is 14.2. The molecule has 0 atom stereocenters. The number of carboxylic acids is 1. The monoisotopic (exact) mass is 338 g/mol. The summed E-state index contributed by atoms with van der Waals surface area (Å²) in [4.78, 5) is 13.2. The zero-order valence-corrected chi connectivity index (χ0v) is 13.4. The molecule has 0 saturated carbocycles. The molecule has 0 aliphatic carbocycles. The highest BCUT2D eigenvalue weighted by Crippen LogP contribution is 2.36. The van der Waals surface area contributed by atoms with Crippen LogP contribution in [0.3, 0.4) is 0 Å². The molecule has 0 aliphatic rings. The summed E-state index contributed by atoms with van der Waals surface area (Å²) in [5, 5.41) is 9.25. The highest BCUT2D eigenvalue weighted by atomic mass is 79.9. The summed E-state index contributed by atoms with van der Waals surface area (Å²) in [7, 11) is 0. The van der Waals surface area contributed by atoms with Crippen LogP contribution in [0.1, 0.15) is 24.3 Å². The smallest absolute Gasteiger partial charge is 0.314 e. The maximum absolute atomic E-state index is 11.3. The Kier molecular flexibility index (Phi) is 3.83. The average molecular weight is 339 g/mol. The van der Waals surface area contributed by atoms with E-state index < -0.39 is 11.4 Å². The topological polar surface area (TPSA) is 37.3 Å². The number of aryl methyl sites for hydroxylation is 1. The number of carbonyl (C=O) groups is 1. The first-order valence-corrected chi connectivity index (χ1v) is 7.53. The first-order valence-electron chi connectivity index (χ1n) is 5.92. The van der Waals surface area contributed by atoms with Crippen molar-refractivity contribution in [1.82, 2.24) is 0 Å². The lowest BCUT2D eigenvalue weighted by molar-refractivity contribution is -0.142. The van der Waals surface area contributed by atoms with Gasteiger partial charge in [-0.15, -0.1) is 11.3 Å². The van der Waals surface area contributed by atoms with Crippen LogP contribution in [0, 0.1) is 6.92 Å². The summed E-state index contributed by atoms with van der Waals surface area (Å²) in [6, 6.07) is 10.1. The second-order valence-corrected chi connectivity index (χ2v) is 7.00. The summed E-state index contributed by atoms with van der Waals surface area (Å²) in [5.74, 6) is -0.800. The van der Waals surface area contributed by atoms with Gasteiger partial charge in [0, 0.05) is 14.2 Å². The van der Waals surface area contributed by atoms with Crippen LogP contribution in [-0.4, -0.2) is 11.1 Å². The van der Waals surface area contributed by atoms with Crippen LogP contribution in [0.4, 0.5) is 0 Å². The molecule has 0 unspecified atom stereocenters. The van der Waals surface area contributed by atoms with Crippen molar-refractivity contribution >= 4 is 33.2 Å². The fourth-order valence-corrected chi connectivity index (χ4v) is 3.16. The third-order valence-electron chi connectivity index (χ3n) is 3.21. The van der Waals surface area contributed by atoms with E-state index in [1.54, 1.807) is 13.8 Å². The molecule has 0 bridgehead atoms. The van der Waals surface area contributed by atoms with Gasteiger partial charge in [0.05, 0.1) is 5.41 Å². The largest absolute Gasteiger partial charge is 0.481 e. The predicted octanol–water partition coefficient (Wildman–Crippen LogP) is 4.85. The number of halogens is 1. The number of hydrogen-bond acceptors (Lipinski definition) is 2. The molecule has 0 spiro atoms. The minimum Gasteiger partial charge on any atom is -0.481 e. The first kappa shape index (κ1) is 14.3. The van der Waals surface area contributed by atoms with Gasteiger partial charge in [-0.2, -0.15) is 0 Å². The molecule has 4 heteroatoms. The van der Waals surface area contributed by atoms with Gasteiger partial charge in [-0.3, -0.25) is 4.79 Å². The minimum atomic E-state index is -0.842. The van der Waals surface area contributed by atoms with Crippen LogP contribution in [0.2, 0.25) is 0 Å². The number of thiophene rings is 1. The van der Waals surface area contributed by atoms with Gasteiger partial charge in [-0.1, -0.05) is 28.1 Å².